The summed E-state index contributed by atoms with van der Waals surface area (Å²) in [5, 5.41) is -0.118. The lowest BCUT2D eigenvalue weighted by Gasteiger charge is -2.59. The number of rotatable bonds is 5. The number of carbonyl (C=O) groups is 2. The molecule has 3 fully saturated rings. The van der Waals surface area contributed by atoms with Crippen molar-refractivity contribution in [3.05, 3.63) is 70.8 Å². The molecule has 5 heteroatoms. The summed E-state index contributed by atoms with van der Waals surface area (Å²) in [6.45, 7) is 8.19. The zero-order valence-electron chi connectivity index (χ0n) is 18.7. The Kier molecular flexibility index (Phi) is 5.96. The van der Waals surface area contributed by atoms with Gasteiger partial charge in [-0.3, -0.25) is 0 Å². The Hall–Kier alpha value is -2.19. The summed E-state index contributed by atoms with van der Waals surface area (Å²) in [6.07, 6.45) is 3.10. The highest BCUT2D eigenvalue weighted by Crippen LogP contribution is 2.60. The number of carbonyl (C=O) groups excluding carboxylic acids is 2. The molecule has 3 aliphatic carbocycles. The van der Waals surface area contributed by atoms with Crippen LogP contribution in [0.4, 0.5) is 0 Å². The van der Waals surface area contributed by atoms with Gasteiger partial charge >= 0.3 is 11.9 Å². The van der Waals surface area contributed by atoms with Gasteiger partial charge in [0, 0.05) is 10.6 Å². The second-order valence-corrected chi connectivity index (χ2v) is 10.8. The van der Waals surface area contributed by atoms with Gasteiger partial charge in [0.15, 0.2) is 0 Å². The van der Waals surface area contributed by atoms with E-state index in [9.17, 15) is 9.59 Å². The minimum atomic E-state index is -0.442. The Labute approximate surface area is 186 Å². The number of hydrogen-bond donors (Lipinski definition) is 0. The smallest absolute Gasteiger partial charge is 0.338 e. The second kappa shape index (κ2) is 8.39. The monoisotopic (exact) mass is 438 g/mol. The Bertz CT molecular complexity index is 990. The molecule has 0 radical (unpaired) electrons. The van der Waals surface area contributed by atoms with Crippen molar-refractivity contribution in [3.63, 3.8) is 0 Å². The van der Waals surface area contributed by atoms with Gasteiger partial charge in [0.2, 0.25) is 0 Å². The highest BCUT2D eigenvalue weighted by molar-refractivity contribution is 7.39. The topological polar surface area (TPSA) is 52.6 Å². The van der Waals surface area contributed by atoms with Crippen molar-refractivity contribution in [3.8, 4) is 0 Å². The zero-order valence-corrected chi connectivity index (χ0v) is 19.7. The molecule has 0 aromatic heterocycles. The van der Waals surface area contributed by atoms with Crippen molar-refractivity contribution in [2.45, 2.75) is 63.8 Å². The summed E-state index contributed by atoms with van der Waals surface area (Å²) < 4.78 is 12.4. The second-order valence-electron chi connectivity index (χ2n) is 9.34. The number of ether oxygens (including phenoxy) is 2. The number of fused-ring (bicyclic) bond motifs is 3. The molecule has 3 atom stereocenters. The van der Waals surface area contributed by atoms with Crippen molar-refractivity contribution in [2.75, 3.05) is 6.66 Å². The van der Waals surface area contributed by atoms with Gasteiger partial charge in [0.1, 0.15) is 12.2 Å². The largest absolute Gasteiger partial charge is 0.454 e. The molecular weight excluding hydrogens is 407 g/mol. The van der Waals surface area contributed by atoms with Crippen LogP contribution in [0.25, 0.3) is 0 Å². The van der Waals surface area contributed by atoms with E-state index in [1.165, 1.54) is 0 Å². The van der Waals surface area contributed by atoms with Gasteiger partial charge in [-0.1, -0.05) is 43.3 Å². The summed E-state index contributed by atoms with van der Waals surface area (Å²) in [6, 6.07) is 15.0. The molecule has 0 heterocycles. The maximum Gasteiger partial charge on any atom is 0.338 e. The van der Waals surface area contributed by atoms with Gasteiger partial charge in [-0.25, -0.2) is 9.59 Å². The highest BCUT2D eigenvalue weighted by Gasteiger charge is 2.61. The molecular formula is C26H31O4P. The molecule has 3 saturated carbocycles. The van der Waals surface area contributed by atoms with E-state index in [2.05, 4.69) is 13.6 Å². The highest BCUT2D eigenvalue weighted by atomic mass is 31.1. The summed E-state index contributed by atoms with van der Waals surface area (Å²) >= 11 is 0. The number of aryl methyl sites for hydroxylation is 2. The van der Waals surface area contributed by atoms with Gasteiger partial charge in [-0.15, -0.1) is 8.58 Å². The molecule has 0 amide bonds. The molecule has 0 spiro atoms. The molecule has 5 rings (SSSR count). The SMILES string of the molecule is CPC12CCC(C)(CC1)C(OC(=O)c1ccccc1C)C2OC(=O)c1ccccc1C. The molecule has 2 aromatic rings. The van der Waals surface area contributed by atoms with Crippen LogP contribution in [-0.4, -0.2) is 36.0 Å². The average Bonchev–Trinajstić information content (AvgIpc) is 2.77. The molecule has 0 N–H and O–H groups in total. The van der Waals surface area contributed by atoms with Crippen LogP contribution in [0.1, 0.15) is 64.4 Å². The van der Waals surface area contributed by atoms with Crippen LogP contribution in [0.3, 0.4) is 0 Å². The summed E-state index contributed by atoms with van der Waals surface area (Å²) in [5.74, 6) is -0.655. The third kappa shape index (κ3) is 3.91. The lowest BCUT2D eigenvalue weighted by molar-refractivity contribution is -0.148. The van der Waals surface area contributed by atoms with E-state index < -0.39 is 12.2 Å². The van der Waals surface area contributed by atoms with Crippen molar-refractivity contribution < 1.29 is 19.1 Å². The summed E-state index contributed by atoms with van der Waals surface area (Å²) in [7, 11) is 0.615. The lowest BCUT2D eigenvalue weighted by Crippen LogP contribution is -2.64. The third-order valence-corrected chi connectivity index (χ3v) is 9.27. The molecule has 2 aromatic carbocycles. The predicted molar refractivity (Wildman–Crippen MR) is 124 cm³/mol. The van der Waals surface area contributed by atoms with Gasteiger partial charge in [-0.05, 0) is 69.5 Å². The molecule has 3 aliphatic rings. The van der Waals surface area contributed by atoms with Gasteiger partial charge in [0.05, 0.1) is 11.1 Å². The molecule has 2 bridgehead atoms. The standard InChI is InChI=1S/C26H31O4P/c1-17-9-5-7-11-19(17)23(27)29-21-22(26(31-4)15-13-25(21,3)14-16-26)30-24(28)20-12-8-6-10-18(20)2/h5-12,21-22,31H,13-16H2,1-4H3. The number of esters is 2. The minimum absolute atomic E-state index is 0.118. The van der Waals surface area contributed by atoms with Crippen LogP contribution in [0.2, 0.25) is 0 Å². The molecule has 164 valence electrons. The van der Waals surface area contributed by atoms with Crippen molar-refractivity contribution >= 4 is 20.5 Å². The van der Waals surface area contributed by atoms with E-state index >= 15 is 0 Å². The fourth-order valence-electron chi connectivity index (χ4n) is 5.22. The van der Waals surface area contributed by atoms with Gasteiger partial charge in [0.25, 0.3) is 0 Å². The van der Waals surface area contributed by atoms with E-state index in [1.54, 1.807) is 12.1 Å². The molecule has 0 aliphatic heterocycles. The van der Waals surface area contributed by atoms with E-state index in [-0.39, 0.29) is 22.5 Å². The third-order valence-electron chi connectivity index (χ3n) is 7.49. The Balaban J connectivity index is 1.67. The van der Waals surface area contributed by atoms with Crippen molar-refractivity contribution in [2.24, 2.45) is 5.41 Å². The maximum absolute atomic E-state index is 13.2. The molecule has 0 saturated heterocycles. The van der Waals surface area contributed by atoms with Crippen LogP contribution in [0.5, 0.6) is 0 Å². The van der Waals surface area contributed by atoms with E-state index in [1.807, 2.05) is 50.2 Å². The zero-order chi connectivity index (χ0) is 22.2. The van der Waals surface area contributed by atoms with Crippen molar-refractivity contribution in [1.29, 1.82) is 0 Å². The fraction of sp³-hybridized carbons (Fsp3) is 0.462. The van der Waals surface area contributed by atoms with Gasteiger partial charge in [-0.2, -0.15) is 0 Å². The van der Waals surface area contributed by atoms with E-state index in [4.69, 9.17) is 9.47 Å². The van der Waals surface area contributed by atoms with Crippen molar-refractivity contribution in [1.82, 2.24) is 0 Å². The van der Waals surface area contributed by atoms with Crippen LogP contribution in [0, 0.1) is 19.3 Å². The first kappa shape index (κ1) is 22.0. The first-order valence-electron chi connectivity index (χ1n) is 11.0. The Morgan fingerprint density at radius 1 is 0.806 bits per heavy atom. The number of hydrogen-bond acceptors (Lipinski definition) is 4. The Morgan fingerprint density at radius 2 is 1.26 bits per heavy atom. The van der Waals surface area contributed by atoms with E-state index in [0.29, 0.717) is 19.7 Å². The molecule has 4 nitrogen and oxygen atoms in total. The summed E-state index contributed by atoms with van der Waals surface area (Å²) in [5.41, 5.74) is 2.74. The minimum Gasteiger partial charge on any atom is -0.454 e. The van der Waals surface area contributed by atoms with Crippen LogP contribution < -0.4 is 0 Å². The van der Waals surface area contributed by atoms with Crippen LogP contribution in [0.15, 0.2) is 48.5 Å². The lowest BCUT2D eigenvalue weighted by atomic mass is 9.58. The quantitative estimate of drug-likeness (QED) is 0.444. The van der Waals surface area contributed by atoms with Gasteiger partial charge < -0.3 is 9.47 Å². The first-order valence-corrected chi connectivity index (χ1v) is 12.5. The molecule has 3 unspecified atom stereocenters. The molecule has 31 heavy (non-hydrogen) atoms. The predicted octanol–water partition coefficient (Wildman–Crippen LogP) is 5.70. The number of benzene rings is 2. The van der Waals surface area contributed by atoms with Crippen LogP contribution >= 0.6 is 8.58 Å². The normalized spacial score (nSPS) is 29.8. The first-order chi connectivity index (χ1) is 14.8. The average molecular weight is 439 g/mol. The summed E-state index contributed by atoms with van der Waals surface area (Å²) in [4.78, 5) is 26.3. The van der Waals surface area contributed by atoms with E-state index in [0.717, 1.165) is 36.8 Å². The Morgan fingerprint density at radius 3 is 1.71 bits per heavy atom. The van der Waals surface area contributed by atoms with Crippen LogP contribution in [-0.2, 0) is 9.47 Å². The maximum atomic E-state index is 13.2. The fourth-order valence-corrected chi connectivity index (χ4v) is 6.47.